The number of anilines is 2. The number of halogens is 3. The molecular weight excluding hydrogens is 373 g/mol. The Morgan fingerprint density at radius 3 is 2.57 bits per heavy atom. The van der Waals surface area contributed by atoms with Crippen LogP contribution in [0.5, 0.6) is 5.75 Å². The first-order valence-electron chi connectivity index (χ1n) is 8.19. The Morgan fingerprint density at radius 2 is 1.86 bits per heavy atom. The van der Waals surface area contributed by atoms with E-state index in [1.165, 1.54) is 24.3 Å². The van der Waals surface area contributed by atoms with Crippen LogP contribution in [0.2, 0.25) is 0 Å². The molecule has 0 aliphatic rings. The zero-order valence-electron chi connectivity index (χ0n) is 14.2. The van der Waals surface area contributed by atoms with Crippen molar-refractivity contribution in [3.8, 4) is 5.75 Å². The van der Waals surface area contributed by atoms with Gasteiger partial charge in [0.25, 0.3) is 0 Å². The SMILES string of the molecule is FC(F)(F)Oc1ccc(Nc2nc(Cc3ccccn3)nc3[nH]ncc23)cc1. The average Bonchev–Trinajstić information content (AvgIpc) is 3.12. The highest BCUT2D eigenvalue weighted by Crippen LogP contribution is 2.27. The highest BCUT2D eigenvalue weighted by atomic mass is 19.4. The Kier molecular flexibility index (Phi) is 4.52. The largest absolute Gasteiger partial charge is 0.573 e. The van der Waals surface area contributed by atoms with Crippen molar-refractivity contribution in [2.24, 2.45) is 0 Å². The summed E-state index contributed by atoms with van der Waals surface area (Å²) in [6.07, 6.45) is -1.05. The van der Waals surface area contributed by atoms with Gasteiger partial charge in [0, 0.05) is 17.6 Å². The molecule has 0 amide bonds. The quantitative estimate of drug-likeness (QED) is 0.539. The molecule has 3 heterocycles. The molecule has 0 saturated carbocycles. The predicted octanol–water partition coefficient (Wildman–Crippen LogP) is 3.98. The Morgan fingerprint density at radius 1 is 1.04 bits per heavy atom. The van der Waals surface area contributed by atoms with Crippen LogP contribution in [0.1, 0.15) is 11.5 Å². The number of alkyl halides is 3. The van der Waals surface area contributed by atoms with E-state index in [9.17, 15) is 13.2 Å². The summed E-state index contributed by atoms with van der Waals surface area (Å²) in [5.74, 6) is 0.703. The first-order chi connectivity index (χ1) is 13.5. The van der Waals surface area contributed by atoms with Crippen molar-refractivity contribution in [1.82, 2.24) is 25.1 Å². The summed E-state index contributed by atoms with van der Waals surface area (Å²) < 4.78 is 40.7. The molecule has 3 aromatic heterocycles. The lowest BCUT2D eigenvalue weighted by Crippen LogP contribution is -2.17. The number of nitrogens with one attached hydrogen (secondary N) is 2. The van der Waals surface area contributed by atoms with Gasteiger partial charge in [0.15, 0.2) is 5.65 Å². The molecule has 0 unspecified atom stereocenters. The maximum absolute atomic E-state index is 12.3. The summed E-state index contributed by atoms with van der Waals surface area (Å²) in [4.78, 5) is 13.2. The van der Waals surface area contributed by atoms with Crippen molar-refractivity contribution < 1.29 is 17.9 Å². The van der Waals surface area contributed by atoms with Gasteiger partial charge in [-0.1, -0.05) is 6.07 Å². The fraction of sp³-hybridized carbons (Fsp3) is 0.111. The number of aromatic amines is 1. The zero-order chi connectivity index (χ0) is 19.6. The van der Waals surface area contributed by atoms with Gasteiger partial charge in [-0.25, -0.2) is 9.97 Å². The lowest BCUT2D eigenvalue weighted by atomic mass is 10.2. The molecular formula is C18H13F3N6O. The molecule has 0 bridgehead atoms. The average molecular weight is 386 g/mol. The monoisotopic (exact) mass is 386 g/mol. The summed E-state index contributed by atoms with van der Waals surface area (Å²) in [5.41, 5.74) is 1.89. The lowest BCUT2D eigenvalue weighted by molar-refractivity contribution is -0.274. The van der Waals surface area contributed by atoms with Crippen molar-refractivity contribution >= 4 is 22.5 Å². The molecule has 10 heteroatoms. The minimum absolute atomic E-state index is 0.301. The number of ether oxygens (including phenoxy) is 1. The van der Waals surface area contributed by atoms with Gasteiger partial charge in [-0.3, -0.25) is 10.1 Å². The van der Waals surface area contributed by atoms with E-state index in [2.05, 4.69) is 35.2 Å². The van der Waals surface area contributed by atoms with Crippen LogP contribution in [0.4, 0.5) is 24.7 Å². The molecule has 2 N–H and O–H groups in total. The first kappa shape index (κ1) is 17.7. The molecule has 0 atom stereocenters. The van der Waals surface area contributed by atoms with E-state index < -0.39 is 6.36 Å². The number of aromatic nitrogens is 5. The van der Waals surface area contributed by atoms with Crippen LogP contribution >= 0.6 is 0 Å². The fourth-order valence-corrected chi connectivity index (χ4v) is 2.60. The van der Waals surface area contributed by atoms with Crippen molar-refractivity contribution in [3.05, 3.63) is 66.4 Å². The minimum atomic E-state index is -4.73. The van der Waals surface area contributed by atoms with Crippen LogP contribution in [0.3, 0.4) is 0 Å². The normalized spacial score (nSPS) is 11.5. The molecule has 4 aromatic rings. The number of hydrogen-bond acceptors (Lipinski definition) is 6. The number of nitrogens with zero attached hydrogens (tertiary/aromatic N) is 4. The van der Waals surface area contributed by atoms with E-state index in [1.807, 2.05) is 18.2 Å². The number of pyridine rings is 1. The molecule has 1 aromatic carbocycles. The predicted molar refractivity (Wildman–Crippen MR) is 95.1 cm³/mol. The Hall–Kier alpha value is -3.69. The van der Waals surface area contributed by atoms with E-state index in [0.717, 1.165) is 5.69 Å². The van der Waals surface area contributed by atoms with Crippen LogP contribution in [0, 0.1) is 0 Å². The van der Waals surface area contributed by atoms with E-state index >= 15 is 0 Å². The van der Waals surface area contributed by atoms with E-state index in [4.69, 9.17) is 0 Å². The molecule has 142 valence electrons. The fourth-order valence-electron chi connectivity index (χ4n) is 2.60. The molecule has 4 rings (SSSR count). The number of rotatable bonds is 5. The standard InChI is InChI=1S/C18H13F3N6O/c19-18(20,21)28-13-6-4-11(5-7-13)24-16-14-10-23-27-17(14)26-15(25-16)9-12-3-1-2-8-22-12/h1-8,10H,9H2,(H2,23,24,25,26,27). The van der Waals surface area contributed by atoms with Crippen molar-refractivity contribution in [3.63, 3.8) is 0 Å². The number of benzene rings is 1. The zero-order valence-corrected chi connectivity index (χ0v) is 14.2. The third-order valence-electron chi connectivity index (χ3n) is 3.77. The maximum atomic E-state index is 12.3. The summed E-state index contributed by atoms with van der Waals surface area (Å²) in [6, 6.07) is 10.9. The molecule has 0 fully saturated rings. The molecule has 0 radical (unpaired) electrons. The van der Waals surface area contributed by atoms with Crippen molar-refractivity contribution in [2.45, 2.75) is 12.8 Å². The van der Waals surface area contributed by atoms with Crippen LogP contribution in [-0.2, 0) is 6.42 Å². The topological polar surface area (TPSA) is 88.6 Å². The van der Waals surface area contributed by atoms with E-state index in [0.29, 0.717) is 34.8 Å². The van der Waals surface area contributed by atoms with Gasteiger partial charge in [0.1, 0.15) is 17.4 Å². The Bertz CT molecular complexity index is 1080. The molecule has 0 spiro atoms. The van der Waals surface area contributed by atoms with Gasteiger partial charge in [-0.15, -0.1) is 13.2 Å². The second kappa shape index (κ2) is 7.14. The van der Waals surface area contributed by atoms with Gasteiger partial charge >= 0.3 is 6.36 Å². The second-order valence-corrected chi connectivity index (χ2v) is 5.82. The summed E-state index contributed by atoms with van der Waals surface area (Å²) in [5, 5.41) is 10.5. The first-order valence-corrected chi connectivity index (χ1v) is 8.19. The smallest absolute Gasteiger partial charge is 0.406 e. The van der Waals surface area contributed by atoms with E-state index in [-0.39, 0.29) is 5.75 Å². The molecule has 28 heavy (non-hydrogen) atoms. The molecule has 0 aliphatic carbocycles. The number of hydrogen-bond donors (Lipinski definition) is 2. The van der Waals surface area contributed by atoms with Crippen LogP contribution in [0.25, 0.3) is 11.0 Å². The van der Waals surface area contributed by atoms with Crippen LogP contribution in [0.15, 0.2) is 54.9 Å². The number of fused-ring (bicyclic) bond motifs is 1. The second-order valence-electron chi connectivity index (χ2n) is 5.82. The summed E-state index contributed by atoms with van der Waals surface area (Å²) in [7, 11) is 0. The highest BCUT2D eigenvalue weighted by molar-refractivity contribution is 5.88. The minimum Gasteiger partial charge on any atom is -0.406 e. The Balaban J connectivity index is 1.60. The third-order valence-corrected chi connectivity index (χ3v) is 3.77. The third kappa shape index (κ3) is 4.17. The molecule has 0 saturated heterocycles. The van der Waals surface area contributed by atoms with Gasteiger partial charge < -0.3 is 10.1 Å². The van der Waals surface area contributed by atoms with Gasteiger partial charge in [-0.2, -0.15) is 5.10 Å². The maximum Gasteiger partial charge on any atom is 0.573 e. The van der Waals surface area contributed by atoms with Gasteiger partial charge in [0.05, 0.1) is 18.0 Å². The highest BCUT2D eigenvalue weighted by Gasteiger charge is 2.30. The van der Waals surface area contributed by atoms with Gasteiger partial charge in [-0.05, 0) is 36.4 Å². The number of H-pyrrole nitrogens is 1. The van der Waals surface area contributed by atoms with Crippen LogP contribution in [-0.4, -0.2) is 31.5 Å². The summed E-state index contributed by atoms with van der Waals surface area (Å²) in [6.45, 7) is 0. The van der Waals surface area contributed by atoms with Gasteiger partial charge in [0.2, 0.25) is 0 Å². The Labute approximate surface area is 156 Å². The molecule has 7 nitrogen and oxygen atoms in total. The van der Waals surface area contributed by atoms with E-state index in [1.54, 1.807) is 12.4 Å². The summed E-state index contributed by atoms with van der Waals surface area (Å²) >= 11 is 0. The molecule has 0 aliphatic heterocycles. The lowest BCUT2D eigenvalue weighted by Gasteiger charge is -2.11. The van der Waals surface area contributed by atoms with Crippen molar-refractivity contribution in [2.75, 3.05) is 5.32 Å². The van der Waals surface area contributed by atoms with Crippen LogP contribution < -0.4 is 10.1 Å². The van der Waals surface area contributed by atoms with Crippen molar-refractivity contribution in [1.29, 1.82) is 0 Å².